The number of carbonyl (C=O) groups is 1. The summed E-state index contributed by atoms with van der Waals surface area (Å²) in [6.45, 7) is 3.59. The Morgan fingerprint density at radius 1 is 1.08 bits per heavy atom. The van der Waals surface area contributed by atoms with E-state index in [9.17, 15) is 4.79 Å². The van der Waals surface area contributed by atoms with Crippen molar-refractivity contribution in [2.45, 2.75) is 38.6 Å². The van der Waals surface area contributed by atoms with Crippen molar-refractivity contribution < 1.29 is 9.53 Å². The second-order valence-corrected chi connectivity index (χ2v) is 7.56. The number of para-hydroxylation sites is 2. The highest BCUT2D eigenvalue weighted by atomic mass is 16.5. The van der Waals surface area contributed by atoms with Crippen molar-refractivity contribution in [3.63, 3.8) is 0 Å². The lowest BCUT2D eigenvalue weighted by Crippen LogP contribution is -2.36. The summed E-state index contributed by atoms with van der Waals surface area (Å²) in [5.74, 6) is 2.29. The van der Waals surface area contributed by atoms with Gasteiger partial charge in [0.25, 0.3) is 0 Å². The van der Waals surface area contributed by atoms with Crippen molar-refractivity contribution in [1.29, 1.82) is 0 Å². The van der Waals surface area contributed by atoms with Crippen molar-refractivity contribution >= 4 is 11.6 Å². The molecule has 0 radical (unpaired) electrons. The minimum atomic E-state index is 0.0394. The van der Waals surface area contributed by atoms with E-state index in [-0.39, 0.29) is 5.91 Å². The summed E-state index contributed by atoms with van der Waals surface area (Å²) in [5.41, 5.74) is 1.91. The molecule has 0 atom stereocenters. The van der Waals surface area contributed by atoms with Gasteiger partial charge in [-0.1, -0.05) is 29.8 Å². The van der Waals surface area contributed by atoms with Gasteiger partial charge in [-0.2, -0.15) is 0 Å². The molecule has 0 aliphatic heterocycles. The fraction of sp³-hybridized carbons (Fsp3) is 0.409. The molecule has 4 rings (SSSR count). The molecule has 4 heteroatoms. The lowest BCUT2D eigenvalue weighted by molar-refractivity contribution is -0.117. The summed E-state index contributed by atoms with van der Waals surface area (Å²) in [4.78, 5) is 15.0. The highest BCUT2D eigenvalue weighted by molar-refractivity contribution is 5.93. The number of hydrogen-bond donors (Lipinski definition) is 1. The fourth-order valence-corrected chi connectivity index (χ4v) is 3.18. The Morgan fingerprint density at radius 3 is 2.50 bits per heavy atom. The van der Waals surface area contributed by atoms with Crippen LogP contribution in [0.15, 0.2) is 48.5 Å². The van der Waals surface area contributed by atoms with Crippen molar-refractivity contribution in [1.82, 2.24) is 4.90 Å². The Kier molecular flexibility index (Phi) is 4.93. The largest absolute Gasteiger partial charge is 0.455 e. The van der Waals surface area contributed by atoms with Gasteiger partial charge in [0.05, 0.1) is 12.2 Å². The summed E-state index contributed by atoms with van der Waals surface area (Å²) >= 11 is 0. The zero-order chi connectivity index (χ0) is 17.9. The van der Waals surface area contributed by atoms with Crippen molar-refractivity contribution in [3.05, 3.63) is 54.1 Å². The first-order valence-corrected chi connectivity index (χ1v) is 9.55. The fourth-order valence-electron chi connectivity index (χ4n) is 3.18. The first-order valence-electron chi connectivity index (χ1n) is 9.55. The van der Waals surface area contributed by atoms with Gasteiger partial charge in [0.2, 0.25) is 5.91 Å². The Balaban J connectivity index is 1.40. The van der Waals surface area contributed by atoms with E-state index in [1.54, 1.807) is 0 Å². The maximum absolute atomic E-state index is 12.6. The van der Waals surface area contributed by atoms with Gasteiger partial charge in [-0.3, -0.25) is 9.69 Å². The molecule has 2 fully saturated rings. The van der Waals surface area contributed by atoms with Crippen LogP contribution in [0.3, 0.4) is 0 Å². The van der Waals surface area contributed by atoms with Gasteiger partial charge in [0.15, 0.2) is 5.75 Å². The molecule has 2 aromatic rings. The molecular weight excluding hydrogens is 324 g/mol. The van der Waals surface area contributed by atoms with Gasteiger partial charge in [0.1, 0.15) is 5.75 Å². The number of nitrogens with one attached hydrogen (secondary N) is 1. The van der Waals surface area contributed by atoms with E-state index in [0.29, 0.717) is 18.3 Å². The molecule has 2 aliphatic carbocycles. The first kappa shape index (κ1) is 17.1. The van der Waals surface area contributed by atoms with Crippen molar-refractivity contribution in [3.8, 4) is 11.5 Å². The van der Waals surface area contributed by atoms with Gasteiger partial charge < -0.3 is 10.1 Å². The van der Waals surface area contributed by atoms with Crippen LogP contribution in [0.25, 0.3) is 0 Å². The van der Waals surface area contributed by atoms with Crippen molar-refractivity contribution in [2.24, 2.45) is 5.92 Å². The number of rotatable bonds is 8. The molecule has 0 saturated heterocycles. The predicted octanol–water partition coefficient (Wildman–Crippen LogP) is 4.60. The number of hydrogen-bond acceptors (Lipinski definition) is 3. The topological polar surface area (TPSA) is 41.6 Å². The monoisotopic (exact) mass is 350 g/mol. The highest BCUT2D eigenvalue weighted by Crippen LogP contribution is 2.35. The molecule has 2 aliphatic rings. The van der Waals surface area contributed by atoms with Crippen LogP contribution in [0, 0.1) is 12.8 Å². The molecule has 2 aromatic carbocycles. The number of amides is 1. The van der Waals surface area contributed by atoms with Crippen LogP contribution >= 0.6 is 0 Å². The molecule has 0 heterocycles. The van der Waals surface area contributed by atoms with Crippen molar-refractivity contribution in [2.75, 3.05) is 18.4 Å². The van der Waals surface area contributed by atoms with Gasteiger partial charge in [-0.25, -0.2) is 0 Å². The number of benzene rings is 2. The zero-order valence-electron chi connectivity index (χ0n) is 15.3. The molecule has 26 heavy (non-hydrogen) atoms. The summed E-state index contributed by atoms with van der Waals surface area (Å²) in [5, 5.41) is 3.04. The van der Waals surface area contributed by atoms with Gasteiger partial charge >= 0.3 is 0 Å². The quantitative estimate of drug-likeness (QED) is 0.756. The molecule has 0 spiro atoms. The average Bonchev–Trinajstić information content (AvgIpc) is 3.52. The second-order valence-electron chi connectivity index (χ2n) is 7.56. The van der Waals surface area contributed by atoms with E-state index in [0.717, 1.165) is 23.9 Å². The summed E-state index contributed by atoms with van der Waals surface area (Å²) in [7, 11) is 0. The summed E-state index contributed by atoms with van der Waals surface area (Å²) in [6.07, 6.45) is 5.09. The van der Waals surface area contributed by atoms with Gasteiger partial charge in [0, 0.05) is 12.6 Å². The predicted molar refractivity (Wildman–Crippen MR) is 104 cm³/mol. The van der Waals surface area contributed by atoms with Crippen LogP contribution in [-0.4, -0.2) is 29.9 Å². The van der Waals surface area contributed by atoms with E-state index in [1.165, 1.54) is 31.2 Å². The third-order valence-corrected chi connectivity index (χ3v) is 5.01. The maximum Gasteiger partial charge on any atom is 0.238 e. The minimum absolute atomic E-state index is 0.0394. The summed E-state index contributed by atoms with van der Waals surface area (Å²) < 4.78 is 5.98. The Morgan fingerprint density at radius 2 is 1.81 bits per heavy atom. The second kappa shape index (κ2) is 7.50. The van der Waals surface area contributed by atoms with E-state index in [1.807, 2.05) is 55.5 Å². The van der Waals surface area contributed by atoms with E-state index in [4.69, 9.17) is 4.74 Å². The molecule has 0 bridgehead atoms. The Labute approximate surface area is 155 Å². The van der Waals surface area contributed by atoms with E-state index >= 15 is 0 Å². The standard InChI is InChI=1S/C22H26N2O2/c1-16-6-12-19(13-7-16)26-21-5-3-2-4-20(21)23-22(25)15-24(18-10-11-18)14-17-8-9-17/h2-7,12-13,17-18H,8-11,14-15H2,1H3,(H,23,25). The molecule has 4 nitrogen and oxygen atoms in total. The third kappa shape index (κ3) is 4.64. The molecular formula is C22H26N2O2. The molecule has 1 amide bonds. The zero-order valence-corrected chi connectivity index (χ0v) is 15.3. The molecule has 1 N–H and O–H groups in total. The lowest BCUT2D eigenvalue weighted by atomic mass is 10.2. The van der Waals surface area contributed by atoms with Gasteiger partial charge in [-0.05, 0) is 62.8 Å². The SMILES string of the molecule is Cc1ccc(Oc2ccccc2NC(=O)CN(CC2CC2)C2CC2)cc1. The maximum atomic E-state index is 12.6. The lowest BCUT2D eigenvalue weighted by Gasteiger charge is -2.21. The Hall–Kier alpha value is -2.33. The molecule has 0 aromatic heterocycles. The van der Waals surface area contributed by atoms with Crippen LogP contribution in [0.1, 0.15) is 31.2 Å². The van der Waals surface area contributed by atoms with Crippen LogP contribution in [0.2, 0.25) is 0 Å². The number of carbonyl (C=O) groups excluding carboxylic acids is 1. The number of aryl methyl sites for hydroxylation is 1. The molecule has 0 unspecified atom stereocenters. The minimum Gasteiger partial charge on any atom is -0.455 e. The number of anilines is 1. The molecule has 136 valence electrons. The Bertz CT molecular complexity index is 764. The van der Waals surface area contributed by atoms with Crippen LogP contribution in [0.4, 0.5) is 5.69 Å². The number of nitrogens with zero attached hydrogens (tertiary/aromatic N) is 1. The first-order chi connectivity index (χ1) is 12.7. The molecule has 2 saturated carbocycles. The van der Waals surface area contributed by atoms with Gasteiger partial charge in [-0.15, -0.1) is 0 Å². The summed E-state index contributed by atoms with van der Waals surface area (Å²) in [6, 6.07) is 16.1. The third-order valence-electron chi connectivity index (χ3n) is 5.01. The normalized spacial score (nSPS) is 16.5. The van der Waals surface area contributed by atoms with E-state index < -0.39 is 0 Å². The average molecular weight is 350 g/mol. The van der Waals surface area contributed by atoms with Crippen LogP contribution < -0.4 is 10.1 Å². The van der Waals surface area contributed by atoms with E-state index in [2.05, 4.69) is 10.2 Å². The smallest absolute Gasteiger partial charge is 0.238 e. The van der Waals surface area contributed by atoms with Crippen LogP contribution in [-0.2, 0) is 4.79 Å². The van der Waals surface area contributed by atoms with Crippen LogP contribution in [0.5, 0.6) is 11.5 Å². The highest BCUT2D eigenvalue weighted by Gasteiger charge is 2.34. The number of ether oxygens (including phenoxy) is 1.